The number of para-hydroxylation sites is 2. The van der Waals surface area contributed by atoms with E-state index in [0.29, 0.717) is 11.0 Å². The number of aromatic nitrogens is 2. The van der Waals surface area contributed by atoms with Crippen molar-refractivity contribution < 1.29 is 9.90 Å². The van der Waals surface area contributed by atoms with Gasteiger partial charge in [0.25, 0.3) is 0 Å². The number of fused-ring (bicyclic) bond motifs is 1. The summed E-state index contributed by atoms with van der Waals surface area (Å²) in [4.78, 5) is 24.8. The smallest absolute Gasteiger partial charge is 0.326 e. The van der Waals surface area contributed by atoms with E-state index in [1.165, 1.54) is 4.57 Å². The van der Waals surface area contributed by atoms with Crippen molar-refractivity contribution in [2.24, 2.45) is 5.73 Å². The minimum Gasteiger partial charge on any atom is -0.480 e. The van der Waals surface area contributed by atoms with E-state index in [4.69, 9.17) is 10.8 Å². The summed E-state index contributed by atoms with van der Waals surface area (Å²) < 4.78 is 1.33. The Bertz CT molecular complexity index is 584. The number of H-pyrrole nitrogens is 1. The fourth-order valence-electron chi connectivity index (χ4n) is 1.56. The Labute approximate surface area is 90.3 Å². The molecule has 0 fully saturated rings. The fourth-order valence-corrected chi connectivity index (χ4v) is 1.56. The van der Waals surface area contributed by atoms with Crippen LogP contribution in [0.4, 0.5) is 0 Å². The summed E-state index contributed by atoms with van der Waals surface area (Å²) in [7, 11) is 0. The van der Waals surface area contributed by atoms with Gasteiger partial charge in [-0.15, -0.1) is 0 Å². The number of carboxylic acids is 1. The molecular formula is C10H11N3O3. The molecule has 0 aliphatic rings. The molecule has 4 N–H and O–H groups in total. The molecule has 1 aromatic carbocycles. The van der Waals surface area contributed by atoms with E-state index < -0.39 is 12.0 Å². The Hall–Kier alpha value is -2.08. The highest BCUT2D eigenvalue weighted by atomic mass is 16.4. The first-order valence-corrected chi connectivity index (χ1v) is 4.75. The van der Waals surface area contributed by atoms with E-state index in [2.05, 4.69) is 4.98 Å². The van der Waals surface area contributed by atoms with Crippen LogP contribution in [0.3, 0.4) is 0 Å². The summed E-state index contributed by atoms with van der Waals surface area (Å²) in [6.45, 7) is -0.0435. The highest BCUT2D eigenvalue weighted by molar-refractivity contribution is 5.76. The normalized spacial score (nSPS) is 12.8. The van der Waals surface area contributed by atoms with Gasteiger partial charge in [0.15, 0.2) is 0 Å². The van der Waals surface area contributed by atoms with E-state index in [1.54, 1.807) is 24.3 Å². The van der Waals surface area contributed by atoms with Crippen molar-refractivity contribution in [1.29, 1.82) is 0 Å². The topological polar surface area (TPSA) is 101 Å². The molecule has 2 rings (SSSR count). The molecule has 1 atom stereocenters. The molecule has 0 unspecified atom stereocenters. The number of carbonyl (C=O) groups is 1. The molecule has 1 aromatic heterocycles. The van der Waals surface area contributed by atoms with Crippen molar-refractivity contribution in [3.8, 4) is 0 Å². The van der Waals surface area contributed by atoms with Crippen molar-refractivity contribution in [1.82, 2.24) is 9.55 Å². The van der Waals surface area contributed by atoms with Crippen LogP contribution in [-0.4, -0.2) is 26.7 Å². The number of carboxylic acid groups (broad SMARTS) is 1. The summed E-state index contributed by atoms with van der Waals surface area (Å²) >= 11 is 0. The quantitative estimate of drug-likeness (QED) is 0.664. The third kappa shape index (κ3) is 1.70. The number of rotatable bonds is 3. The molecule has 84 valence electrons. The lowest BCUT2D eigenvalue weighted by Crippen LogP contribution is -2.37. The molecule has 2 aromatic rings. The lowest BCUT2D eigenvalue weighted by molar-refractivity contribution is -0.138. The fraction of sp³-hybridized carbons (Fsp3) is 0.200. The molecular weight excluding hydrogens is 210 g/mol. The van der Waals surface area contributed by atoms with Gasteiger partial charge in [0.2, 0.25) is 0 Å². The second-order valence-electron chi connectivity index (χ2n) is 3.50. The van der Waals surface area contributed by atoms with Gasteiger partial charge in [0.1, 0.15) is 6.04 Å². The van der Waals surface area contributed by atoms with Crippen LogP contribution < -0.4 is 11.4 Å². The third-order valence-electron chi connectivity index (χ3n) is 2.38. The van der Waals surface area contributed by atoms with Crippen molar-refractivity contribution in [3.05, 3.63) is 34.7 Å². The van der Waals surface area contributed by atoms with Gasteiger partial charge >= 0.3 is 11.7 Å². The zero-order chi connectivity index (χ0) is 11.7. The summed E-state index contributed by atoms with van der Waals surface area (Å²) in [5, 5.41) is 8.69. The van der Waals surface area contributed by atoms with E-state index >= 15 is 0 Å². The van der Waals surface area contributed by atoms with Crippen LogP contribution in [0.2, 0.25) is 0 Å². The van der Waals surface area contributed by atoms with Crippen molar-refractivity contribution in [3.63, 3.8) is 0 Å². The van der Waals surface area contributed by atoms with Gasteiger partial charge in [0.05, 0.1) is 17.6 Å². The second-order valence-corrected chi connectivity index (χ2v) is 3.50. The number of aliphatic carboxylic acids is 1. The molecule has 0 aliphatic heterocycles. The van der Waals surface area contributed by atoms with E-state index in [-0.39, 0.29) is 12.2 Å². The number of aromatic amines is 1. The number of nitrogens with one attached hydrogen (secondary N) is 1. The number of nitrogens with two attached hydrogens (primary N) is 1. The van der Waals surface area contributed by atoms with Crippen molar-refractivity contribution in [2.45, 2.75) is 12.6 Å². The highest BCUT2D eigenvalue weighted by Crippen LogP contribution is 2.08. The number of benzene rings is 1. The first kappa shape index (κ1) is 10.4. The highest BCUT2D eigenvalue weighted by Gasteiger charge is 2.15. The van der Waals surface area contributed by atoms with Crippen LogP contribution in [0, 0.1) is 0 Å². The van der Waals surface area contributed by atoms with Crippen LogP contribution in [0.1, 0.15) is 0 Å². The van der Waals surface area contributed by atoms with Crippen molar-refractivity contribution >= 4 is 17.0 Å². The molecule has 6 nitrogen and oxygen atoms in total. The first-order valence-electron chi connectivity index (χ1n) is 4.75. The van der Waals surface area contributed by atoms with Crippen LogP contribution in [0.5, 0.6) is 0 Å². The molecule has 0 saturated carbocycles. The number of imidazole rings is 1. The van der Waals surface area contributed by atoms with Crippen LogP contribution >= 0.6 is 0 Å². The third-order valence-corrected chi connectivity index (χ3v) is 2.38. The minimum absolute atomic E-state index is 0.0435. The second kappa shape index (κ2) is 3.82. The zero-order valence-electron chi connectivity index (χ0n) is 8.38. The SMILES string of the molecule is N[C@@H](Cn1c(=O)[nH]c2ccccc21)C(=O)O. The van der Waals surface area contributed by atoms with Gasteiger partial charge in [-0.2, -0.15) is 0 Å². The number of nitrogens with zero attached hydrogens (tertiary/aromatic N) is 1. The van der Waals surface area contributed by atoms with Gasteiger partial charge in [-0.1, -0.05) is 12.1 Å². The molecule has 0 spiro atoms. The van der Waals surface area contributed by atoms with Crippen molar-refractivity contribution in [2.75, 3.05) is 0 Å². The van der Waals surface area contributed by atoms with Gasteiger partial charge in [-0.25, -0.2) is 4.79 Å². The molecule has 16 heavy (non-hydrogen) atoms. The van der Waals surface area contributed by atoms with Crippen LogP contribution in [-0.2, 0) is 11.3 Å². The molecule has 0 bridgehead atoms. The number of hydrogen-bond acceptors (Lipinski definition) is 3. The standard InChI is InChI=1S/C10H11N3O3/c11-6(9(14)15)5-13-8-4-2-1-3-7(8)12-10(13)16/h1-4,6H,5,11H2,(H,12,16)(H,14,15)/t6-/m0/s1. The average Bonchev–Trinajstić information content (AvgIpc) is 2.55. The summed E-state index contributed by atoms with van der Waals surface area (Å²) in [6, 6.07) is 5.97. The molecule has 0 radical (unpaired) electrons. The van der Waals surface area contributed by atoms with E-state index in [9.17, 15) is 9.59 Å². The number of hydrogen-bond donors (Lipinski definition) is 3. The largest absolute Gasteiger partial charge is 0.480 e. The van der Waals surface area contributed by atoms with E-state index in [1.807, 2.05) is 0 Å². The zero-order valence-corrected chi connectivity index (χ0v) is 8.38. The molecule has 0 saturated heterocycles. The maximum Gasteiger partial charge on any atom is 0.326 e. The lowest BCUT2D eigenvalue weighted by atomic mass is 10.3. The Morgan fingerprint density at radius 1 is 1.50 bits per heavy atom. The maximum absolute atomic E-state index is 11.6. The lowest BCUT2D eigenvalue weighted by Gasteiger charge is -2.07. The Balaban J connectivity index is 2.48. The molecule has 1 heterocycles. The Morgan fingerprint density at radius 3 is 2.88 bits per heavy atom. The predicted octanol–water partition coefficient (Wildman–Crippen LogP) is -0.259. The van der Waals surface area contributed by atoms with Gasteiger partial charge in [-0.3, -0.25) is 9.36 Å². The van der Waals surface area contributed by atoms with Crippen LogP contribution in [0.25, 0.3) is 11.0 Å². The summed E-state index contributed by atoms with van der Waals surface area (Å²) in [6.07, 6.45) is 0. The van der Waals surface area contributed by atoms with Gasteiger partial charge in [-0.05, 0) is 12.1 Å². The summed E-state index contributed by atoms with van der Waals surface area (Å²) in [5.74, 6) is -1.13. The Morgan fingerprint density at radius 2 is 2.19 bits per heavy atom. The van der Waals surface area contributed by atoms with Gasteiger partial charge < -0.3 is 15.8 Å². The summed E-state index contributed by atoms with van der Waals surface area (Å²) in [5.41, 5.74) is 6.37. The maximum atomic E-state index is 11.6. The molecule has 0 amide bonds. The monoisotopic (exact) mass is 221 g/mol. The molecule has 0 aliphatic carbocycles. The Kier molecular flexibility index (Phi) is 2.49. The predicted molar refractivity (Wildman–Crippen MR) is 58.2 cm³/mol. The van der Waals surface area contributed by atoms with Crippen LogP contribution in [0.15, 0.2) is 29.1 Å². The van der Waals surface area contributed by atoms with Gasteiger partial charge in [0, 0.05) is 0 Å². The minimum atomic E-state index is -1.13. The van der Waals surface area contributed by atoms with E-state index in [0.717, 1.165) is 0 Å². The average molecular weight is 221 g/mol. The molecule has 6 heteroatoms. The first-order chi connectivity index (χ1) is 7.59.